The number of carbonyl (C=O) groups excluding carboxylic acids is 3. The van der Waals surface area contributed by atoms with Crippen LogP contribution in [0.15, 0.2) is 0 Å². The highest BCUT2D eigenvalue weighted by molar-refractivity contribution is 8.13. The Morgan fingerprint density at radius 1 is 0.833 bits per heavy atom. The van der Waals surface area contributed by atoms with Crippen molar-refractivity contribution in [3.63, 3.8) is 0 Å². The van der Waals surface area contributed by atoms with Gasteiger partial charge < -0.3 is 94.9 Å². The van der Waals surface area contributed by atoms with E-state index < -0.39 is 141 Å². The lowest BCUT2D eigenvalue weighted by molar-refractivity contribution is -0.381. The summed E-state index contributed by atoms with van der Waals surface area (Å²) in [6.07, 6.45) is -20.4. The van der Waals surface area contributed by atoms with Crippen molar-refractivity contribution in [2.45, 2.75) is 163 Å². The molecule has 0 bridgehead atoms. The Bertz CT molecular complexity index is 1350. The fraction of sp³-hybridized carbons (Fsp3) is 0.889. The lowest BCUT2D eigenvalue weighted by Gasteiger charge is -2.51. The van der Waals surface area contributed by atoms with Crippen molar-refractivity contribution < 1.29 is 103 Å². The molecule has 3 rings (SSSR count). The molecular weight excluding hydrogens is 828 g/mol. The summed E-state index contributed by atoms with van der Waals surface area (Å²) < 4.78 is 39.6. The summed E-state index contributed by atoms with van der Waals surface area (Å²) in [5, 5.41) is 111. The minimum atomic E-state index is -3.06. The van der Waals surface area contributed by atoms with Gasteiger partial charge in [0.25, 0.3) is 11.0 Å². The number of thioether (sulfide) groups is 1. The molecule has 60 heavy (non-hydrogen) atoms. The first-order chi connectivity index (χ1) is 28.5. The number of aliphatic hydroxyl groups is 9. The van der Waals surface area contributed by atoms with Crippen molar-refractivity contribution in [3.05, 3.63) is 0 Å². The van der Waals surface area contributed by atoms with E-state index in [2.05, 4.69) is 15.4 Å². The van der Waals surface area contributed by atoms with Crippen LogP contribution < -0.4 is 10.6 Å². The molecule has 23 nitrogen and oxygen atoms in total. The van der Waals surface area contributed by atoms with Gasteiger partial charge in [-0.2, -0.15) is 0 Å². The molecule has 3 fully saturated rings. The number of hydrogen-bond donors (Lipinski definition) is 12. The predicted octanol–water partition coefficient (Wildman–Crippen LogP) is -3.82. The maximum absolute atomic E-state index is 12.9. The van der Waals surface area contributed by atoms with Crippen LogP contribution in [0.1, 0.15) is 65.2 Å². The fourth-order valence-electron chi connectivity index (χ4n) is 7.14. The van der Waals surface area contributed by atoms with Gasteiger partial charge in [0.2, 0.25) is 5.91 Å². The molecule has 12 N–H and O–H groups in total. The molecule has 348 valence electrons. The molecule has 3 aliphatic rings. The maximum atomic E-state index is 12.9. The smallest absolute Gasteiger partial charge is 0.364 e. The third-order valence-corrected chi connectivity index (χ3v) is 11.0. The van der Waals surface area contributed by atoms with Gasteiger partial charge in [0.05, 0.1) is 39.1 Å². The van der Waals surface area contributed by atoms with Gasteiger partial charge in [-0.15, -0.1) is 0 Å². The van der Waals surface area contributed by atoms with Crippen molar-refractivity contribution >= 4 is 34.8 Å². The molecule has 3 saturated heterocycles. The molecular formula is C36H62N2O21S. The Morgan fingerprint density at radius 3 is 2.00 bits per heavy atom. The lowest BCUT2D eigenvalue weighted by atomic mass is 9.88. The molecule has 0 radical (unpaired) electrons. The van der Waals surface area contributed by atoms with E-state index in [0.29, 0.717) is 25.0 Å². The van der Waals surface area contributed by atoms with Crippen molar-refractivity contribution in [2.75, 3.05) is 39.3 Å². The zero-order valence-electron chi connectivity index (χ0n) is 33.7. The summed E-state index contributed by atoms with van der Waals surface area (Å²) in [6.45, 7) is 0.0390. The summed E-state index contributed by atoms with van der Waals surface area (Å²) >= 11 is 0.859. The number of carboxylic acid groups (broad SMARTS) is 1. The third-order valence-electron chi connectivity index (χ3n) is 10.3. The van der Waals surface area contributed by atoms with Gasteiger partial charge in [0.1, 0.15) is 67.1 Å². The van der Waals surface area contributed by atoms with Gasteiger partial charge in [-0.1, -0.05) is 44.4 Å². The normalized spacial score (nSPS) is 35.6. The number of ether oxygens (including phenoxy) is 7. The third kappa shape index (κ3) is 13.8. The molecule has 3 heterocycles. The molecule has 2 amide bonds. The van der Waals surface area contributed by atoms with Crippen LogP contribution in [-0.4, -0.2) is 211 Å². The van der Waals surface area contributed by atoms with Gasteiger partial charge in [-0.05, 0) is 18.6 Å². The minimum absolute atomic E-state index is 0.0925. The molecule has 0 aromatic heterocycles. The van der Waals surface area contributed by atoms with E-state index in [0.717, 1.165) is 44.4 Å². The first kappa shape index (κ1) is 52.0. The zero-order valence-corrected chi connectivity index (χ0v) is 34.5. The van der Waals surface area contributed by atoms with E-state index in [4.69, 9.17) is 28.4 Å². The highest BCUT2D eigenvalue weighted by atomic mass is 32.2. The maximum Gasteiger partial charge on any atom is 0.364 e. The average Bonchev–Trinajstić information content (AvgIpc) is 3.21. The SMILES string of the molecule is CCSC(=O)NC1C(OC2OC(CO)[C@H](O)C(O[C@]3(C(=O)O)CC(O)[C@@H](NC(C)=O)C(C(O)C(O)CO)O3)C2O)[C@H](O)C(CO)O[C@H]1OCCCCCCCCC(=O)OC. The Balaban J connectivity index is 1.88. The first-order valence-corrected chi connectivity index (χ1v) is 20.8. The van der Waals surface area contributed by atoms with E-state index in [1.165, 1.54) is 7.11 Å². The average molecular weight is 891 g/mol. The van der Waals surface area contributed by atoms with Gasteiger partial charge in [0.15, 0.2) is 12.6 Å². The number of rotatable bonds is 23. The largest absolute Gasteiger partial charge is 0.477 e. The number of methoxy groups -OCH3 is 1. The highest BCUT2D eigenvalue weighted by Crippen LogP contribution is 2.38. The molecule has 0 spiro atoms. The van der Waals surface area contributed by atoms with Crippen LogP contribution >= 0.6 is 11.8 Å². The van der Waals surface area contributed by atoms with E-state index in [-0.39, 0.29) is 12.6 Å². The zero-order chi connectivity index (χ0) is 44.7. The van der Waals surface area contributed by atoms with Crippen molar-refractivity contribution in [1.82, 2.24) is 10.6 Å². The van der Waals surface area contributed by atoms with Crippen LogP contribution in [0, 0.1) is 0 Å². The summed E-state index contributed by atoms with van der Waals surface area (Å²) in [5.74, 6) is -5.72. The van der Waals surface area contributed by atoms with E-state index in [9.17, 15) is 70.2 Å². The summed E-state index contributed by atoms with van der Waals surface area (Å²) in [4.78, 5) is 49.1. The Kier molecular flexibility index (Phi) is 21.7. The fourth-order valence-corrected chi connectivity index (χ4v) is 7.62. The van der Waals surface area contributed by atoms with Gasteiger partial charge in [-0.25, -0.2) is 4.79 Å². The number of aliphatic hydroxyl groups excluding tert-OH is 9. The Hall–Kier alpha value is -2.37. The van der Waals surface area contributed by atoms with Gasteiger partial charge in [-0.3, -0.25) is 14.4 Å². The van der Waals surface area contributed by atoms with Crippen LogP contribution in [0.2, 0.25) is 0 Å². The van der Waals surface area contributed by atoms with Crippen LogP contribution in [0.25, 0.3) is 0 Å². The topological polar surface area (TPSA) is 359 Å². The second-order valence-electron chi connectivity index (χ2n) is 14.7. The van der Waals surface area contributed by atoms with Crippen LogP contribution in [0.4, 0.5) is 4.79 Å². The van der Waals surface area contributed by atoms with Gasteiger partial charge >= 0.3 is 11.9 Å². The van der Waals surface area contributed by atoms with Crippen LogP contribution in [0.3, 0.4) is 0 Å². The van der Waals surface area contributed by atoms with Crippen molar-refractivity contribution in [3.8, 4) is 0 Å². The standard InChI is InChI=1S/C36H62N2O21S/c1-4-60-35(52)38-24-29(26(47)20(15-40)55-32(24)54-12-10-8-6-5-7-9-11-22(45)53-3)57-33-28(49)31(27(48)21(16-41)56-33)59-36(34(50)51)13-18(43)23(37-17(2)42)30(58-36)25(46)19(44)14-39/h18-21,23-33,39-41,43-44,46-49H,4-16H2,1-3H3,(H,37,42)(H,38,52)(H,50,51)/t18?,19?,20?,21?,23-,24?,25?,26-,27+,28?,29?,30?,31?,32-,33?,36+/m1/s1. The van der Waals surface area contributed by atoms with Crippen LogP contribution in [-0.2, 0) is 47.5 Å². The molecule has 3 aliphatic heterocycles. The number of carboxylic acids is 1. The quantitative estimate of drug-likeness (QED) is 0.0345. The molecule has 16 atom stereocenters. The molecule has 0 saturated carbocycles. The molecule has 24 heteroatoms. The number of esters is 1. The summed E-state index contributed by atoms with van der Waals surface area (Å²) in [5.41, 5.74) is 0. The first-order valence-electron chi connectivity index (χ1n) is 19.8. The van der Waals surface area contributed by atoms with Gasteiger partial charge in [0, 0.05) is 26.4 Å². The molecule has 0 aromatic carbocycles. The number of hydrogen-bond acceptors (Lipinski definition) is 21. The number of unbranched alkanes of at least 4 members (excludes halogenated alkanes) is 5. The number of aliphatic carboxylic acids is 1. The molecule has 11 unspecified atom stereocenters. The second-order valence-corrected chi connectivity index (χ2v) is 15.9. The van der Waals surface area contributed by atoms with Crippen molar-refractivity contribution in [1.29, 1.82) is 0 Å². The predicted molar refractivity (Wildman–Crippen MR) is 203 cm³/mol. The van der Waals surface area contributed by atoms with Crippen molar-refractivity contribution in [2.24, 2.45) is 0 Å². The molecule has 0 aromatic rings. The molecule has 0 aliphatic carbocycles. The number of carbonyl (C=O) groups is 4. The summed E-state index contributed by atoms with van der Waals surface area (Å²) in [7, 11) is 1.33. The van der Waals surface area contributed by atoms with E-state index in [1.807, 2.05) is 0 Å². The van der Waals surface area contributed by atoms with E-state index in [1.54, 1.807) is 6.92 Å². The highest BCUT2D eigenvalue weighted by Gasteiger charge is 2.60. The minimum Gasteiger partial charge on any atom is -0.477 e. The monoisotopic (exact) mass is 890 g/mol. The Morgan fingerprint density at radius 2 is 1.43 bits per heavy atom. The number of nitrogens with one attached hydrogen (secondary N) is 2. The van der Waals surface area contributed by atoms with E-state index >= 15 is 0 Å². The Labute approximate surface area is 350 Å². The number of amides is 2. The lowest BCUT2D eigenvalue weighted by Crippen LogP contribution is -2.71. The van der Waals surface area contributed by atoms with Crippen LogP contribution in [0.5, 0.6) is 0 Å². The summed E-state index contributed by atoms with van der Waals surface area (Å²) in [6, 6.07) is -2.91. The second kappa shape index (κ2) is 25.1.